The third kappa shape index (κ3) is 5.14. The number of nitrogens with zero attached hydrogens (tertiary/aromatic N) is 1. The number of aromatic nitrogens is 1. The fraction of sp³-hybridized carbons (Fsp3) is 0.348. The van der Waals surface area contributed by atoms with Crippen molar-refractivity contribution < 1.29 is 19.1 Å². The van der Waals surface area contributed by atoms with Crippen LogP contribution in [-0.2, 0) is 4.79 Å². The summed E-state index contributed by atoms with van der Waals surface area (Å²) in [5, 5.41) is 6.20. The standard InChI is InChI=1S/C23H27N3O4S/c1-12(2)19(24-21(27)15-9-16(29-5)11-17(10-15)30-6)22(28)26-23-25-20-14(4)7-13(3)8-18(20)31-23/h7-12,19H,1-6H3,(H,24,27)(H,25,26,28)/t19-/m0/s1. The first kappa shape index (κ1) is 22.6. The molecule has 7 nitrogen and oxygen atoms in total. The van der Waals surface area contributed by atoms with Gasteiger partial charge in [-0.2, -0.15) is 0 Å². The number of aryl methyl sites for hydroxylation is 2. The van der Waals surface area contributed by atoms with Gasteiger partial charge in [0, 0.05) is 11.6 Å². The SMILES string of the molecule is COc1cc(OC)cc(C(=O)N[C@H](C(=O)Nc2nc3c(C)cc(C)cc3s2)C(C)C)c1. The lowest BCUT2D eigenvalue weighted by Crippen LogP contribution is -2.47. The summed E-state index contributed by atoms with van der Waals surface area (Å²) in [6, 6.07) is 8.26. The van der Waals surface area contributed by atoms with Crippen molar-refractivity contribution in [2.45, 2.75) is 33.7 Å². The Balaban J connectivity index is 1.80. The van der Waals surface area contributed by atoms with Crippen LogP contribution in [0.5, 0.6) is 11.5 Å². The Kier molecular flexibility index (Phi) is 6.80. The number of thiazole rings is 1. The van der Waals surface area contributed by atoms with E-state index in [0.717, 1.165) is 21.3 Å². The average Bonchev–Trinajstić information content (AvgIpc) is 3.13. The smallest absolute Gasteiger partial charge is 0.252 e. The van der Waals surface area contributed by atoms with Crippen molar-refractivity contribution in [2.24, 2.45) is 5.92 Å². The summed E-state index contributed by atoms with van der Waals surface area (Å²) >= 11 is 1.42. The molecule has 164 valence electrons. The van der Waals surface area contributed by atoms with Crippen molar-refractivity contribution in [3.8, 4) is 11.5 Å². The number of carbonyl (C=O) groups excluding carboxylic acids is 2. The van der Waals surface area contributed by atoms with Crippen LogP contribution in [-0.4, -0.2) is 37.1 Å². The monoisotopic (exact) mass is 441 g/mol. The molecule has 3 aromatic rings. The number of rotatable bonds is 7. The Labute approximate surface area is 185 Å². The molecule has 0 bridgehead atoms. The minimum absolute atomic E-state index is 0.130. The number of hydrogen-bond donors (Lipinski definition) is 2. The minimum atomic E-state index is -0.737. The zero-order chi connectivity index (χ0) is 22.7. The van der Waals surface area contributed by atoms with E-state index in [-0.39, 0.29) is 17.7 Å². The van der Waals surface area contributed by atoms with Gasteiger partial charge in [0.15, 0.2) is 5.13 Å². The van der Waals surface area contributed by atoms with E-state index in [0.29, 0.717) is 22.2 Å². The van der Waals surface area contributed by atoms with Crippen molar-refractivity contribution in [2.75, 3.05) is 19.5 Å². The van der Waals surface area contributed by atoms with E-state index >= 15 is 0 Å². The molecule has 2 aromatic carbocycles. The van der Waals surface area contributed by atoms with Crippen LogP contribution in [0, 0.1) is 19.8 Å². The van der Waals surface area contributed by atoms with Crippen LogP contribution < -0.4 is 20.1 Å². The molecule has 0 aliphatic heterocycles. The number of hydrogen-bond acceptors (Lipinski definition) is 6. The highest BCUT2D eigenvalue weighted by atomic mass is 32.1. The van der Waals surface area contributed by atoms with Crippen molar-refractivity contribution in [1.82, 2.24) is 10.3 Å². The highest BCUT2D eigenvalue weighted by Crippen LogP contribution is 2.29. The van der Waals surface area contributed by atoms with Crippen LogP contribution in [0.2, 0.25) is 0 Å². The zero-order valence-corrected chi connectivity index (χ0v) is 19.3. The Bertz CT molecular complexity index is 1100. The Morgan fingerprint density at radius 1 is 1.00 bits per heavy atom. The second-order valence-electron chi connectivity index (χ2n) is 7.73. The van der Waals surface area contributed by atoms with Crippen LogP contribution in [0.1, 0.15) is 35.3 Å². The second-order valence-corrected chi connectivity index (χ2v) is 8.76. The first-order chi connectivity index (χ1) is 14.7. The van der Waals surface area contributed by atoms with Gasteiger partial charge in [-0.05, 0) is 49.1 Å². The molecule has 0 radical (unpaired) electrons. The van der Waals surface area contributed by atoms with Crippen LogP contribution in [0.4, 0.5) is 5.13 Å². The maximum atomic E-state index is 13.0. The number of carbonyl (C=O) groups is 2. The summed E-state index contributed by atoms with van der Waals surface area (Å²) in [4.78, 5) is 30.4. The van der Waals surface area contributed by atoms with Gasteiger partial charge in [0.25, 0.3) is 5.91 Å². The summed E-state index contributed by atoms with van der Waals surface area (Å²) in [5.41, 5.74) is 3.43. The molecule has 2 amide bonds. The highest BCUT2D eigenvalue weighted by molar-refractivity contribution is 7.22. The van der Waals surface area contributed by atoms with Crippen LogP contribution in [0.15, 0.2) is 30.3 Å². The molecule has 0 saturated heterocycles. The maximum Gasteiger partial charge on any atom is 0.252 e. The van der Waals surface area contributed by atoms with Gasteiger partial charge in [-0.25, -0.2) is 4.98 Å². The Hall–Kier alpha value is -3.13. The summed E-state index contributed by atoms with van der Waals surface area (Å²) in [5.74, 6) is 0.161. The first-order valence-electron chi connectivity index (χ1n) is 9.94. The van der Waals surface area contributed by atoms with Crippen LogP contribution in [0.3, 0.4) is 0 Å². The molecule has 31 heavy (non-hydrogen) atoms. The lowest BCUT2D eigenvalue weighted by atomic mass is 10.0. The molecular weight excluding hydrogens is 414 g/mol. The molecule has 1 aromatic heterocycles. The highest BCUT2D eigenvalue weighted by Gasteiger charge is 2.26. The van der Waals surface area contributed by atoms with Gasteiger partial charge >= 0.3 is 0 Å². The summed E-state index contributed by atoms with van der Waals surface area (Å²) in [7, 11) is 3.03. The number of benzene rings is 2. The topological polar surface area (TPSA) is 89.5 Å². The molecule has 0 aliphatic carbocycles. The normalized spacial score (nSPS) is 12.0. The first-order valence-corrected chi connectivity index (χ1v) is 10.8. The van der Waals surface area contributed by atoms with Gasteiger partial charge in [-0.1, -0.05) is 31.3 Å². The molecule has 3 rings (SSSR count). The number of anilines is 1. The molecule has 0 spiro atoms. The predicted octanol–water partition coefficient (Wildman–Crippen LogP) is 4.32. The van der Waals surface area contributed by atoms with Gasteiger partial charge in [0.05, 0.1) is 24.4 Å². The van der Waals surface area contributed by atoms with Gasteiger partial charge in [0.1, 0.15) is 17.5 Å². The third-order valence-corrected chi connectivity index (χ3v) is 5.83. The Morgan fingerprint density at radius 2 is 1.65 bits per heavy atom. The molecule has 2 N–H and O–H groups in total. The largest absolute Gasteiger partial charge is 0.497 e. The van der Waals surface area contributed by atoms with Crippen molar-refractivity contribution in [3.05, 3.63) is 47.0 Å². The maximum absolute atomic E-state index is 13.0. The number of amides is 2. The number of nitrogens with one attached hydrogen (secondary N) is 2. The number of methoxy groups -OCH3 is 2. The lowest BCUT2D eigenvalue weighted by molar-refractivity contribution is -0.118. The quantitative estimate of drug-likeness (QED) is 0.570. The zero-order valence-electron chi connectivity index (χ0n) is 18.5. The van der Waals surface area contributed by atoms with Gasteiger partial charge < -0.3 is 20.1 Å². The van der Waals surface area contributed by atoms with E-state index in [1.807, 2.05) is 33.8 Å². The van der Waals surface area contributed by atoms with E-state index in [1.54, 1.807) is 18.2 Å². The molecular formula is C23H27N3O4S. The summed E-state index contributed by atoms with van der Waals surface area (Å²) in [6.45, 7) is 7.79. The lowest BCUT2D eigenvalue weighted by Gasteiger charge is -2.21. The van der Waals surface area contributed by atoms with Gasteiger partial charge in [-0.3, -0.25) is 9.59 Å². The molecule has 0 unspecified atom stereocenters. The molecule has 8 heteroatoms. The summed E-state index contributed by atoms with van der Waals surface area (Å²) in [6.07, 6.45) is 0. The van der Waals surface area contributed by atoms with Gasteiger partial charge in [-0.15, -0.1) is 0 Å². The van der Waals surface area contributed by atoms with Crippen molar-refractivity contribution >= 4 is 38.5 Å². The third-order valence-electron chi connectivity index (χ3n) is 4.91. The van der Waals surface area contributed by atoms with E-state index in [2.05, 4.69) is 21.7 Å². The van der Waals surface area contributed by atoms with Crippen LogP contribution in [0.25, 0.3) is 10.2 Å². The van der Waals surface area contributed by atoms with Crippen molar-refractivity contribution in [3.63, 3.8) is 0 Å². The van der Waals surface area contributed by atoms with E-state index in [4.69, 9.17) is 9.47 Å². The second kappa shape index (κ2) is 9.34. The summed E-state index contributed by atoms with van der Waals surface area (Å²) < 4.78 is 11.5. The van der Waals surface area contributed by atoms with E-state index in [1.165, 1.54) is 25.6 Å². The van der Waals surface area contributed by atoms with Crippen LogP contribution >= 0.6 is 11.3 Å². The molecule has 1 heterocycles. The molecule has 0 aliphatic rings. The predicted molar refractivity (Wildman–Crippen MR) is 123 cm³/mol. The fourth-order valence-electron chi connectivity index (χ4n) is 3.31. The van der Waals surface area contributed by atoms with Gasteiger partial charge in [0.2, 0.25) is 5.91 Å². The molecule has 1 atom stereocenters. The molecule has 0 fully saturated rings. The number of fused-ring (bicyclic) bond motifs is 1. The van der Waals surface area contributed by atoms with E-state index < -0.39 is 6.04 Å². The number of ether oxygens (including phenoxy) is 2. The molecule has 0 saturated carbocycles. The average molecular weight is 442 g/mol. The van der Waals surface area contributed by atoms with Crippen molar-refractivity contribution in [1.29, 1.82) is 0 Å². The fourth-order valence-corrected chi connectivity index (χ4v) is 4.35. The van der Waals surface area contributed by atoms with E-state index in [9.17, 15) is 9.59 Å². The minimum Gasteiger partial charge on any atom is -0.497 e. The Morgan fingerprint density at radius 3 is 2.23 bits per heavy atom.